The molecule has 0 amide bonds. The average molecular weight is 429 g/mol. The fraction of sp³-hybridized carbons (Fsp3) is 0.538. The van der Waals surface area contributed by atoms with Gasteiger partial charge in [0.2, 0.25) is 0 Å². The van der Waals surface area contributed by atoms with Gasteiger partial charge < -0.3 is 24.4 Å². The maximum absolute atomic E-state index is 10.3. The van der Waals surface area contributed by atoms with Crippen LogP contribution in [0.15, 0.2) is 54.6 Å². The number of ether oxygens (including phenoxy) is 2. The first-order valence-electron chi connectivity index (χ1n) is 11.6. The summed E-state index contributed by atoms with van der Waals surface area (Å²) in [6.07, 6.45) is -0.420. The van der Waals surface area contributed by atoms with Gasteiger partial charge in [-0.15, -0.1) is 0 Å². The van der Waals surface area contributed by atoms with Gasteiger partial charge >= 0.3 is 0 Å². The third kappa shape index (κ3) is 8.26. The maximum atomic E-state index is 10.3. The summed E-state index contributed by atoms with van der Waals surface area (Å²) in [5.41, 5.74) is 2.85. The molecule has 0 radical (unpaired) electrons. The highest BCUT2D eigenvalue weighted by Crippen LogP contribution is 2.24. The van der Waals surface area contributed by atoms with Gasteiger partial charge in [0, 0.05) is 5.56 Å². The van der Waals surface area contributed by atoms with Crippen LogP contribution >= 0.6 is 0 Å². The first-order chi connectivity index (χ1) is 14.9. The fourth-order valence-electron chi connectivity index (χ4n) is 4.10. The number of benzene rings is 2. The highest BCUT2D eigenvalue weighted by molar-refractivity contribution is 5.31. The van der Waals surface area contributed by atoms with Crippen LogP contribution in [0.3, 0.4) is 0 Å². The second-order valence-corrected chi connectivity index (χ2v) is 9.72. The predicted molar refractivity (Wildman–Crippen MR) is 124 cm³/mol. The summed E-state index contributed by atoms with van der Waals surface area (Å²) in [4.78, 5) is 3.11. The van der Waals surface area contributed by atoms with E-state index in [1.165, 1.54) is 16.0 Å². The second-order valence-electron chi connectivity index (χ2n) is 9.72. The number of quaternary nitrogens is 2. The van der Waals surface area contributed by atoms with Crippen molar-refractivity contribution in [1.29, 1.82) is 0 Å². The predicted octanol–water partition coefficient (Wildman–Crippen LogP) is 0.724. The van der Waals surface area contributed by atoms with E-state index in [-0.39, 0.29) is 5.41 Å². The minimum Gasteiger partial charge on any atom is -0.491 e. The van der Waals surface area contributed by atoms with Crippen molar-refractivity contribution in [3.63, 3.8) is 0 Å². The molecule has 3 N–H and O–H groups in total. The quantitative estimate of drug-likeness (QED) is 0.489. The first-order valence-corrected chi connectivity index (χ1v) is 11.6. The zero-order valence-corrected chi connectivity index (χ0v) is 19.4. The molecule has 0 aliphatic carbocycles. The molecule has 0 bridgehead atoms. The summed E-state index contributed by atoms with van der Waals surface area (Å²) >= 11 is 0. The molecule has 5 heteroatoms. The van der Waals surface area contributed by atoms with Gasteiger partial charge in [-0.1, -0.05) is 63.2 Å². The molecule has 5 nitrogen and oxygen atoms in total. The van der Waals surface area contributed by atoms with Crippen LogP contribution in [-0.2, 0) is 16.7 Å². The summed E-state index contributed by atoms with van der Waals surface area (Å²) in [5, 5.41) is 10.3. The van der Waals surface area contributed by atoms with Crippen LogP contribution in [0.5, 0.6) is 5.75 Å². The molecule has 0 spiro atoms. The number of aliphatic hydroxyl groups excluding tert-OH is 1. The minimum atomic E-state index is -0.420. The van der Waals surface area contributed by atoms with Crippen LogP contribution in [0, 0.1) is 0 Å². The highest BCUT2D eigenvalue weighted by atomic mass is 16.5. The Bertz CT molecular complexity index is 750. The van der Waals surface area contributed by atoms with Crippen molar-refractivity contribution in [3.8, 4) is 5.75 Å². The molecular weight excluding hydrogens is 388 g/mol. The summed E-state index contributed by atoms with van der Waals surface area (Å²) in [6.45, 7) is 14.3. The van der Waals surface area contributed by atoms with Crippen LogP contribution in [0.1, 0.15) is 31.9 Å². The molecule has 1 fully saturated rings. The minimum absolute atomic E-state index is 0.148. The monoisotopic (exact) mass is 428 g/mol. The number of piperazine rings is 1. The molecule has 31 heavy (non-hydrogen) atoms. The van der Waals surface area contributed by atoms with Crippen LogP contribution in [0.2, 0.25) is 0 Å². The van der Waals surface area contributed by atoms with E-state index in [4.69, 9.17) is 9.47 Å². The van der Waals surface area contributed by atoms with Gasteiger partial charge in [0.1, 0.15) is 57.7 Å². The molecule has 2 aromatic rings. The summed E-state index contributed by atoms with van der Waals surface area (Å²) in [7, 11) is 0. The molecule has 1 heterocycles. The van der Waals surface area contributed by atoms with E-state index < -0.39 is 6.10 Å². The Morgan fingerprint density at radius 3 is 2.16 bits per heavy atom. The number of hydrogen-bond acceptors (Lipinski definition) is 3. The zero-order chi connectivity index (χ0) is 22.1. The van der Waals surface area contributed by atoms with Gasteiger partial charge in [0.05, 0.1) is 13.2 Å². The SMILES string of the molecule is CC(C)(C)c1ccc(OCCOC[C@@H](O)C[NH+]2CC[NH+](Cc3ccccc3)CC2)cc1. The van der Waals surface area contributed by atoms with E-state index in [2.05, 4.69) is 63.2 Å². The molecule has 0 aromatic heterocycles. The molecule has 3 rings (SSSR count). The average Bonchev–Trinajstić information content (AvgIpc) is 2.75. The van der Waals surface area contributed by atoms with Gasteiger partial charge in [-0.3, -0.25) is 0 Å². The van der Waals surface area contributed by atoms with E-state index in [0.717, 1.165) is 45.0 Å². The Kier molecular flexibility index (Phi) is 8.90. The molecule has 1 saturated heterocycles. The molecular formula is C26H40N2O3+2. The lowest BCUT2D eigenvalue weighted by Gasteiger charge is -2.30. The van der Waals surface area contributed by atoms with Crippen molar-refractivity contribution < 1.29 is 24.4 Å². The lowest BCUT2D eigenvalue weighted by atomic mass is 9.87. The standard InChI is InChI=1S/C26H38N2O3/c1-26(2,3)23-9-11-25(12-10-23)31-18-17-30-21-24(29)20-28-15-13-27(14-16-28)19-22-7-5-4-6-8-22/h4-12,24,29H,13-21H2,1-3H3/p+2/t24-/m0/s1. The third-order valence-corrected chi connectivity index (χ3v) is 6.01. The summed E-state index contributed by atoms with van der Waals surface area (Å²) < 4.78 is 11.4. The van der Waals surface area contributed by atoms with Crippen molar-refractivity contribution in [1.82, 2.24) is 0 Å². The van der Waals surface area contributed by atoms with Crippen LogP contribution in [-0.4, -0.2) is 63.8 Å². The van der Waals surface area contributed by atoms with Crippen molar-refractivity contribution in [2.75, 3.05) is 52.5 Å². The van der Waals surface area contributed by atoms with E-state index in [1.54, 1.807) is 4.90 Å². The molecule has 1 aliphatic heterocycles. The van der Waals surface area contributed by atoms with Gasteiger partial charge in [-0.05, 0) is 23.1 Å². The van der Waals surface area contributed by atoms with Crippen LogP contribution < -0.4 is 14.5 Å². The number of hydrogen-bond donors (Lipinski definition) is 3. The van der Waals surface area contributed by atoms with Crippen molar-refractivity contribution >= 4 is 0 Å². The summed E-state index contributed by atoms with van der Waals surface area (Å²) in [5.74, 6) is 0.859. The van der Waals surface area contributed by atoms with Crippen molar-refractivity contribution in [2.24, 2.45) is 0 Å². The molecule has 0 saturated carbocycles. The van der Waals surface area contributed by atoms with Gasteiger partial charge in [-0.2, -0.15) is 0 Å². The Balaban J connectivity index is 1.25. The number of rotatable bonds is 10. The Labute approximate surface area is 187 Å². The fourth-order valence-corrected chi connectivity index (χ4v) is 4.10. The zero-order valence-electron chi connectivity index (χ0n) is 19.4. The van der Waals surface area contributed by atoms with Crippen LogP contribution in [0.4, 0.5) is 0 Å². The van der Waals surface area contributed by atoms with E-state index >= 15 is 0 Å². The Morgan fingerprint density at radius 1 is 0.871 bits per heavy atom. The van der Waals surface area contributed by atoms with Gasteiger partial charge in [0.15, 0.2) is 0 Å². The lowest BCUT2D eigenvalue weighted by molar-refractivity contribution is -1.02. The van der Waals surface area contributed by atoms with Gasteiger partial charge in [-0.25, -0.2) is 0 Å². The largest absolute Gasteiger partial charge is 0.491 e. The Morgan fingerprint density at radius 2 is 1.52 bits per heavy atom. The van der Waals surface area contributed by atoms with Gasteiger partial charge in [0.25, 0.3) is 0 Å². The lowest BCUT2D eigenvalue weighted by Crippen LogP contribution is -3.28. The number of aliphatic hydroxyl groups is 1. The molecule has 170 valence electrons. The highest BCUT2D eigenvalue weighted by Gasteiger charge is 2.25. The molecule has 1 atom stereocenters. The topological polar surface area (TPSA) is 47.6 Å². The third-order valence-electron chi connectivity index (χ3n) is 6.01. The Hall–Kier alpha value is -1.92. The first kappa shape index (κ1) is 23.7. The molecule has 0 unspecified atom stereocenters. The van der Waals surface area contributed by atoms with Crippen molar-refractivity contribution in [3.05, 3.63) is 65.7 Å². The van der Waals surface area contributed by atoms with Crippen LogP contribution in [0.25, 0.3) is 0 Å². The summed E-state index contributed by atoms with van der Waals surface area (Å²) in [6, 6.07) is 19.0. The maximum Gasteiger partial charge on any atom is 0.127 e. The van der Waals surface area contributed by atoms with Crippen molar-refractivity contribution in [2.45, 2.75) is 38.8 Å². The smallest absolute Gasteiger partial charge is 0.127 e. The van der Waals surface area contributed by atoms with E-state index in [9.17, 15) is 5.11 Å². The molecule has 2 aromatic carbocycles. The van der Waals surface area contributed by atoms with E-state index in [0.29, 0.717) is 19.8 Å². The second kappa shape index (κ2) is 11.6. The molecule has 1 aliphatic rings. The van der Waals surface area contributed by atoms with E-state index in [1.807, 2.05) is 12.1 Å². The number of nitrogens with one attached hydrogen (secondary N) is 2. The normalized spacial score (nSPS) is 20.4.